The fourth-order valence-electron chi connectivity index (χ4n) is 2.50. The quantitative estimate of drug-likeness (QED) is 0.721. The van der Waals surface area contributed by atoms with Crippen LogP contribution in [0, 0.1) is 6.92 Å². The predicted molar refractivity (Wildman–Crippen MR) is 90.6 cm³/mol. The van der Waals surface area contributed by atoms with Gasteiger partial charge in [0.25, 0.3) is 0 Å². The lowest BCUT2D eigenvalue weighted by Crippen LogP contribution is -2.28. The zero-order chi connectivity index (χ0) is 18.0. The third-order valence-corrected chi connectivity index (χ3v) is 3.79. The minimum atomic E-state index is -0.481. The van der Waals surface area contributed by atoms with Gasteiger partial charge in [-0.2, -0.15) is 0 Å². The molecule has 8 nitrogen and oxygen atoms in total. The number of esters is 1. The Morgan fingerprint density at radius 2 is 2.00 bits per heavy atom. The number of carbonyl (C=O) groups excluding carboxylic acids is 2. The molecule has 3 aromatic rings. The summed E-state index contributed by atoms with van der Waals surface area (Å²) in [5.74, 6) is -0.902. The normalized spacial score (nSPS) is 10.6. The number of ether oxygens (including phenoxy) is 1. The first-order chi connectivity index (χ1) is 12.0. The van der Waals surface area contributed by atoms with E-state index in [1.54, 1.807) is 49.5 Å². The SMILES string of the molecule is COC(=O)c1cccc(NC(=O)Cn2nc3ccccn3c2=O)c1C. The first-order valence-corrected chi connectivity index (χ1v) is 7.53. The molecule has 0 aliphatic carbocycles. The monoisotopic (exact) mass is 340 g/mol. The molecular weight excluding hydrogens is 324 g/mol. The summed E-state index contributed by atoms with van der Waals surface area (Å²) in [6.45, 7) is 1.47. The Balaban J connectivity index is 1.82. The van der Waals surface area contributed by atoms with E-state index in [-0.39, 0.29) is 6.54 Å². The van der Waals surface area contributed by atoms with E-state index in [0.717, 1.165) is 4.68 Å². The molecule has 1 aromatic carbocycles. The van der Waals surface area contributed by atoms with E-state index in [4.69, 9.17) is 4.74 Å². The van der Waals surface area contributed by atoms with Crippen LogP contribution in [-0.2, 0) is 16.1 Å². The number of carbonyl (C=O) groups is 2. The first kappa shape index (κ1) is 16.4. The average Bonchev–Trinajstić information content (AvgIpc) is 2.92. The maximum Gasteiger partial charge on any atom is 0.350 e. The van der Waals surface area contributed by atoms with Gasteiger partial charge in [0.2, 0.25) is 5.91 Å². The van der Waals surface area contributed by atoms with Crippen molar-refractivity contribution in [2.45, 2.75) is 13.5 Å². The van der Waals surface area contributed by atoms with Crippen molar-refractivity contribution >= 4 is 23.2 Å². The van der Waals surface area contributed by atoms with E-state index in [1.165, 1.54) is 11.5 Å². The fraction of sp³-hybridized carbons (Fsp3) is 0.176. The minimum absolute atomic E-state index is 0.234. The number of benzene rings is 1. The average molecular weight is 340 g/mol. The summed E-state index contributed by atoms with van der Waals surface area (Å²) in [7, 11) is 1.29. The molecule has 128 valence electrons. The number of nitrogens with zero attached hydrogens (tertiary/aromatic N) is 3. The Bertz CT molecular complexity index is 1020. The minimum Gasteiger partial charge on any atom is -0.465 e. The molecule has 2 heterocycles. The Labute approximate surface area is 142 Å². The summed E-state index contributed by atoms with van der Waals surface area (Å²) in [6.07, 6.45) is 1.59. The molecule has 0 saturated heterocycles. The Morgan fingerprint density at radius 1 is 1.20 bits per heavy atom. The van der Waals surface area contributed by atoms with Crippen LogP contribution in [0.3, 0.4) is 0 Å². The van der Waals surface area contributed by atoms with Crippen molar-refractivity contribution < 1.29 is 14.3 Å². The van der Waals surface area contributed by atoms with Crippen LogP contribution in [0.1, 0.15) is 15.9 Å². The standard InChI is InChI=1S/C17H16N4O4/c1-11-12(16(23)25-2)6-5-7-13(11)18-15(22)10-21-17(24)20-9-4-3-8-14(20)19-21/h3-9H,10H2,1-2H3,(H,18,22). The van der Waals surface area contributed by atoms with Crippen molar-refractivity contribution in [3.8, 4) is 0 Å². The number of hydrogen-bond donors (Lipinski definition) is 1. The van der Waals surface area contributed by atoms with E-state index in [0.29, 0.717) is 22.5 Å². The van der Waals surface area contributed by atoms with Crippen molar-refractivity contribution in [3.63, 3.8) is 0 Å². The molecule has 0 saturated carbocycles. The Hall–Kier alpha value is -3.42. The maximum absolute atomic E-state index is 12.3. The van der Waals surface area contributed by atoms with Gasteiger partial charge in [-0.15, -0.1) is 5.10 Å². The molecule has 0 unspecified atom stereocenters. The molecule has 2 aromatic heterocycles. The number of amides is 1. The van der Waals surface area contributed by atoms with Crippen LogP contribution < -0.4 is 11.0 Å². The second kappa shape index (κ2) is 6.60. The molecule has 0 radical (unpaired) electrons. The third-order valence-electron chi connectivity index (χ3n) is 3.79. The van der Waals surface area contributed by atoms with Crippen molar-refractivity contribution in [1.82, 2.24) is 14.2 Å². The fourth-order valence-corrected chi connectivity index (χ4v) is 2.50. The number of pyridine rings is 1. The highest BCUT2D eigenvalue weighted by atomic mass is 16.5. The van der Waals surface area contributed by atoms with Crippen LogP contribution in [0.15, 0.2) is 47.4 Å². The summed E-state index contributed by atoms with van der Waals surface area (Å²) < 4.78 is 7.16. The lowest BCUT2D eigenvalue weighted by atomic mass is 10.1. The van der Waals surface area contributed by atoms with E-state index in [9.17, 15) is 14.4 Å². The van der Waals surface area contributed by atoms with Gasteiger partial charge in [0.15, 0.2) is 5.65 Å². The van der Waals surface area contributed by atoms with Crippen LogP contribution in [0.5, 0.6) is 0 Å². The van der Waals surface area contributed by atoms with E-state index < -0.39 is 17.6 Å². The van der Waals surface area contributed by atoms with Crippen LogP contribution >= 0.6 is 0 Å². The van der Waals surface area contributed by atoms with Gasteiger partial charge in [-0.05, 0) is 36.8 Å². The number of anilines is 1. The summed E-state index contributed by atoms with van der Waals surface area (Å²) in [4.78, 5) is 36.2. The van der Waals surface area contributed by atoms with Gasteiger partial charge in [-0.1, -0.05) is 12.1 Å². The highest BCUT2D eigenvalue weighted by Gasteiger charge is 2.15. The molecule has 1 amide bonds. The number of fused-ring (bicyclic) bond motifs is 1. The van der Waals surface area contributed by atoms with E-state index in [1.807, 2.05) is 0 Å². The molecule has 0 fully saturated rings. The second-order valence-electron chi connectivity index (χ2n) is 5.39. The van der Waals surface area contributed by atoms with Crippen molar-refractivity contribution in [2.24, 2.45) is 0 Å². The molecule has 0 atom stereocenters. The lowest BCUT2D eigenvalue weighted by Gasteiger charge is -2.11. The van der Waals surface area contributed by atoms with Gasteiger partial charge in [-0.25, -0.2) is 14.3 Å². The molecule has 0 aliphatic rings. The van der Waals surface area contributed by atoms with E-state index in [2.05, 4.69) is 10.4 Å². The second-order valence-corrected chi connectivity index (χ2v) is 5.39. The zero-order valence-electron chi connectivity index (χ0n) is 13.7. The number of nitrogens with one attached hydrogen (secondary N) is 1. The Morgan fingerprint density at radius 3 is 2.72 bits per heavy atom. The van der Waals surface area contributed by atoms with Gasteiger partial charge < -0.3 is 10.1 Å². The number of hydrogen-bond acceptors (Lipinski definition) is 5. The number of methoxy groups -OCH3 is 1. The molecule has 0 spiro atoms. The summed E-state index contributed by atoms with van der Waals surface area (Å²) >= 11 is 0. The van der Waals surface area contributed by atoms with Gasteiger partial charge in [0.05, 0.1) is 12.7 Å². The first-order valence-electron chi connectivity index (χ1n) is 7.53. The van der Waals surface area contributed by atoms with Crippen LogP contribution in [0.2, 0.25) is 0 Å². The van der Waals surface area contributed by atoms with Crippen molar-refractivity contribution in [3.05, 3.63) is 64.2 Å². The number of rotatable bonds is 4. The summed E-state index contributed by atoms with van der Waals surface area (Å²) in [5.41, 5.74) is 1.50. The van der Waals surface area contributed by atoms with Crippen LogP contribution in [-0.4, -0.2) is 33.2 Å². The van der Waals surface area contributed by atoms with Crippen LogP contribution in [0.4, 0.5) is 5.69 Å². The largest absolute Gasteiger partial charge is 0.465 e. The van der Waals surface area contributed by atoms with Gasteiger partial charge in [0.1, 0.15) is 6.54 Å². The van der Waals surface area contributed by atoms with Crippen LogP contribution in [0.25, 0.3) is 5.65 Å². The number of aromatic nitrogens is 3. The topological polar surface area (TPSA) is 94.7 Å². The molecule has 8 heteroatoms. The molecule has 3 rings (SSSR count). The molecule has 0 aliphatic heterocycles. The maximum atomic E-state index is 12.3. The van der Waals surface area contributed by atoms with Crippen molar-refractivity contribution in [1.29, 1.82) is 0 Å². The third kappa shape index (κ3) is 3.14. The molecule has 25 heavy (non-hydrogen) atoms. The molecule has 1 N–H and O–H groups in total. The van der Waals surface area contributed by atoms with Gasteiger partial charge in [-0.3, -0.25) is 9.20 Å². The summed E-state index contributed by atoms with van der Waals surface area (Å²) in [6, 6.07) is 10.1. The molecular formula is C17H16N4O4. The van der Waals surface area contributed by atoms with E-state index >= 15 is 0 Å². The van der Waals surface area contributed by atoms with Gasteiger partial charge >= 0.3 is 11.7 Å². The predicted octanol–water partition coefficient (Wildman–Crippen LogP) is 1.23. The summed E-state index contributed by atoms with van der Waals surface area (Å²) in [5, 5.41) is 6.80. The zero-order valence-corrected chi connectivity index (χ0v) is 13.7. The smallest absolute Gasteiger partial charge is 0.350 e. The van der Waals surface area contributed by atoms with Crippen molar-refractivity contribution in [2.75, 3.05) is 12.4 Å². The van der Waals surface area contributed by atoms with Gasteiger partial charge in [0, 0.05) is 11.9 Å². The Kier molecular flexibility index (Phi) is 4.34. The highest BCUT2D eigenvalue weighted by molar-refractivity contribution is 5.96. The molecule has 0 bridgehead atoms. The lowest BCUT2D eigenvalue weighted by molar-refractivity contribution is -0.117. The highest BCUT2D eigenvalue weighted by Crippen LogP contribution is 2.19.